The first kappa shape index (κ1) is 15.0. The van der Waals surface area contributed by atoms with Crippen LogP contribution in [0.15, 0.2) is 36.4 Å². The highest BCUT2D eigenvalue weighted by Crippen LogP contribution is 2.17. The van der Waals surface area contributed by atoms with Gasteiger partial charge in [0.25, 0.3) is 5.91 Å². The van der Waals surface area contributed by atoms with E-state index in [1.165, 1.54) is 12.1 Å². The maximum absolute atomic E-state index is 13.2. The molecule has 0 saturated carbocycles. The predicted molar refractivity (Wildman–Crippen MR) is 81.2 cm³/mol. The molecule has 0 atom stereocenters. The molecular weight excluding hydrogens is 269 g/mol. The van der Waals surface area contributed by atoms with Gasteiger partial charge in [-0.05, 0) is 61.7 Å². The molecule has 0 aromatic heterocycles. The van der Waals surface area contributed by atoms with Crippen LogP contribution in [0, 0.1) is 26.6 Å². The monoisotopic (exact) mass is 287 g/mol. The average molecular weight is 287 g/mol. The Morgan fingerprint density at radius 2 is 1.76 bits per heavy atom. The van der Waals surface area contributed by atoms with Gasteiger partial charge in [0.1, 0.15) is 11.6 Å². The second-order valence-corrected chi connectivity index (χ2v) is 5.12. The maximum atomic E-state index is 13.2. The van der Waals surface area contributed by atoms with Crippen LogP contribution in [0.3, 0.4) is 0 Å². The summed E-state index contributed by atoms with van der Waals surface area (Å²) in [5, 5.41) is 2.65. The Morgan fingerprint density at radius 1 is 1.10 bits per heavy atom. The molecule has 0 fully saturated rings. The molecule has 1 N–H and O–H groups in total. The number of rotatable bonds is 4. The van der Waals surface area contributed by atoms with Crippen LogP contribution in [0.25, 0.3) is 0 Å². The number of carbonyl (C=O) groups excluding carboxylic acids is 1. The Hall–Kier alpha value is -2.36. The number of anilines is 1. The highest BCUT2D eigenvalue weighted by atomic mass is 19.1. The Balaban J connectivity index is 1.97. The van der Waals surface area contributed by atoms with Gasteiger partial charge < -0.3 is 10.1 Å². The van der Waals surface area contributed by atoms with Gasteiger partial charge in [-0.3, -0.25) is 4.79 Å². The summed E-state index contributed by atoms with van der Waals surface area (Å²) in [7, 11) is 0. The Kier molecular flexibility index (Phi) is 4.58. The maximum Gasteiger partial charge on any atom is 0.262 e. The van der Waals surface area contributed by atoms with Gasteiger partial charge in [-0.1, -0.05) is 12.1 Å². The molecule has 2 aromatic carbocycles. The van der Waals surface area contributed by atoms with Crippen molar-refractivity contribution in [1.82, 2.24) is 0 Å². The summed E-state index contributed by atoms with van der Waals surface area (Å²) in [5.41, 5.74) is 3.41. The standard InChI is InChI=1S/C17H18FNO2/c1-11-6-12(2)8-15(7-11)21-10-17(20)19-16-9-14(18)5-4-13(16)3/h4-9H,10H2,1-3H3,(H,19,20). The Labute approximate surface area is 123 Å². The fourth-order valence-electron chi connectivity index (χ4n) is 2.08. The van der Waals surface area contributed by atoms with Crippen LogP contribution in [0.1, 0.15) is 16.7 Å². The molecular formula is C17H18FNO2. The highest BCUT2D eigenvalue weighted by molar-refractivity contribution is 5.92. The van der Waals surface area contributed by atoms with E-state index in [1.54, 1.807) is 13.0 Å². The molecule has 0 aliphatic rings. The lowest BCUT2D eigenvalue weighted by Crippen LogP contribution is -2.20. The van der Waals surface area contributed by atoms with Gasteiger partial charge in [0.05, 0.1) is 0 Å². The van der Waals surface area contributed by atoms with E-state index < -0.39 is 0 Å². The number of benzene rings is 2. The number of halogens is 1. The van der Waals surface area contributed by atoms with Crippen molar-refractivity contribution in [1.29, 1.82) is 0 Å². The average Bonchev–Trinajstić information content (AvgIpc) is 2.40. The number of hydrogen-bond acceptors (Lipinski definition) is 2. The summed E-state index contributed by atoms with van der Waals surface area (Å²) < 4.78 is 18.6. The number of nitrogens with one attached hydrogen (secondary N) is 1. The van der Waals surface area contributed by atoms with Crippen molar-refractivity contribution in [2.75, 3.05) is 11.9 Å². The summed E-state index contributed by atoms with van der Waals surface area (Å²) in [6, 6.07) is 10.0. The van der Waals surface area contributed by atoms with Crippen molar-refractivity contribution in [3.63, 3.8) is 0 Å². The lowest BCUT2D eigenvalue weighted by atomic mass is 10.1. The summed E-state index contributed by atoms with van der Waals surface area (Å²) in [5.74, 6) is -0.0485. The first-order valence-corrected chi connectivity index (χ1v) is 6.71. The number of aryl methyl sites for hydroxylation is 3. The highest BCUT2D eigenvalue weighted by Gasteiger charge is 2.07. The molecule has 3 nitrogen and oxygen atoms in total. The molecule has 0 bridgehead atoms. The smallest absolute Gasteiger partial charge is 0.262 e. The van der Waals surface area contributed by atoms with E-state index in [4.69, 9.17) is 4.74 Å². The van der Waals surface area contributed by atoms with Crippen molar-refractivity contribution in [3.05, 3.63) is 58.9 Å². The number of hydrogen-bond donors (Lipinski definition) is 1. The lowest BCUT2D eigenvalue weighted by Gasteiger charge is -2.10. The van der Waals surface area contributed by atoms with E-state index >= 15 is 0 Å². The topological polar surface area (TPSA) is 38.3 Å². The predicted octanol–water partition coefficient (Wildman–Crippen LogP) is 3.77. The van der Waals surface area contributed by atoms with E-state index in [1.807, 2.05) is 32.0 Å². The van der Waals surface area contributed by atoms with E-state index in [0.29, 0.717) is 11.4 Å². The third kappa shape index (κ3) is 4.31. The van der Waals surface area contributed by atoms with Crippen molar-refractivity contribution in [2.24, 2.45) is 0 Å². The van der Waals surface area contributed by atoms with Crippen LogP contribution in [-0.2, 0) is 4.79 Å². The third-order valence-corrected chi connectivity index (χ3v) is 3.04. The van der Waals surface area contributed by atoms with Gasteiger partial charge >= 0.3 is 0 Å². The van der Waals surface area contributed by atoms with Gasteiger partial charge in [0.15, 0.2) is 6.61 Å². The molecule has 0 aliphatic heterocycles. The molecule has 21 heavy (non-hydrogen) atoms. The van der Waals surface area contributed by atoms with Gasteiger partial charge in [0, 0.05) is 5.69 Å². The Morgan fingerprint density at radius 3 is 2.43 bits per heavy atom. The minimum atomic E-state index is -0.383. The molecule has 4 heteroatoms. The van der Waals surface area contributed by atoms with Gasteiger partial charge in [-0.25, -0.2) is 4.39 Å². The first-order chi connectivity index (χ1) is 9.94. The molecule has 0 unspecified atom stereocenters. The van der Waals surface area contributed by atoms with Crippen molar-refractivity contribution in [3.8, 4) is 5.75 Å². The normalized spacial score (nSPS) is 10.3. The molecule has 0 aliphatic carbocycles. The quantitative estimate of drug-likeness (QED) is 0.929. The van der Waals surface area contributed by atoms with Crippen LogP contribution in [-0.4, -0.2) is 12.5 Å². The minimum Gasteiger partial charge on any atom is -0.484 e. The van der Waals surface area contributed by atoms with Crippen LogP contribution >= 0.6 is 0 Å². The minimum absolute atomic E-state index is 0.112. The summed E-state index contributed by atoms with van der Waals surface area (Å²) in [4.78, 5) is 11.9. The summed E-state index contributed by atoms with van der Waals surface area (Å²) in [6.45, 7) is 5.63. The third-order valence-electron chi connectivity index (χ3n) is 3.04. The second kappa shape index (κ2) is 6.39. The molecule has 2 rings (SSSR count). The van der Waals surface area contributed by atoms with Gasteiger partial charge in [-0.2, -0.15) is 0 Å². The van der Waals surface area contributed by atoms with Gasteiger partial charge in [0.2, 0.25) is 0 Å². The SMILES string of the molecule is Cc1cc(C)cc(OCC(=O)Nc2cc(F)ccc2C)c1. The summed E-state index contributed by atoms with van der Waals surface area (Å²) in [6.07, 6.45) is 0. The zero-order valence-corrected chi connectivity index (χ0v) is 12.4. The van der Waals surface area contributed by atoms with Crippen LogP contribution in [0.2, 0.25) is 0 Å². The van der Waals surface area contributed by atoms with Crippen molar-refractivity contribution >= 4 is 11.6 Å². The Bertz CT molecular complexity index is 648. The summed E-state index contributed by atoms with van der Waals surface area (Å²) >= 11 is 0. The number of ether oxygens (including phenoxy) is 1. The number of carbonyl (C=O) groups is 1. The second-order valence-electron chi connectivity index (χ2n) is 5.12. The zero-order chi connectivity index (χ0) is 15.4. The molecule has 0 heterocycles. The molecule has 110 valence electrons. The van der Waals surface area contributed by atoms with Crippen LogP contribution in [0.4, 0.5) is 10.1 Å². The van der Waals surface area contributed by atoms with Crippen LogP contribution < -0.4 is 10.1 Å². The van der Waals surface area contributed by atoms with E-state index in [9.17, 15) is 9.18 Å². The van der Waals surface area contributed by atoms with E-state index in [2.05, 4.69) is 5.32 Å². The number of amides is 1. The molecule has 1 amide bonds. The van der Waals surface area contributed by atoms with Crippen LogP contribution in [0.5, 0.6) is 5.75 Å². The molecule has 0 spiro atoms. The van der Waals surface area contributed by atoms with E-state index in [-0.39, 0.29) is 18.3 Å². The molecule has 0 radical (unpaired) electrons. The fourth-order valence-corrected chi connectivity index (χ4v) is 2.08. The van der Waals surface area contributed by atoms with Gasteiger partial charge in [-0.15, -0.1) is 0 Å². The fraction of sp³-hybridized carbons (Fsp3) is 0.235. The van der Waals surface area contributed by atoms with E-state index in [0.717, 1.165) is 16.7 Å². The first-order valence-electron chi connectivity index (χ1n) is 6.71. The van der Waals surface area contributed by atoms with Crippen molar-refractivity contribution in [2.45, 2.75) is 20.8 Å². The lowest BCUT2D eigenvalue weighted by molar-refractivity contribution is -0.118. The largest absolute Gasteiger partial charge is 0.484 e. The molecule has 2 aromatic rings. The zero-order valence-electron chi connectivity index (χ0n) is 12.4. The molecule has 0 saturated heterocycles. The van der Waals surface area contributed by atoms with Crippen molar-refractivity contribution < 1.29 is 13.9 Å².